The van der Waals surface area contributed by atoms with Gasteiger partial charge in [-0.05, 0) is 79.9 Å². The Morgan fingerprint density at radius 2 is 2.00 bits per heavy atom. The Bertz CT molecular complexity index is 1080. The minimum absolute atomic E-state index is 0.0863. The van der Waals surface area contributed by atoms with Crippen molar-refractivity contribution < 1.29 is 13.7 Å². The zero-order chi connectivity index (χ0) is 21.8. The maximum absolute atomic E-state index is 15.3. The molecule has 0 radical (unpaired) electrons. The molecule has 1 aromatic carbocycles. The number of halogens is 1. The summed E-state index contributed by atoms with van der Waals surface area (Å²) in [7, 11) is 0. The van der Waals surface area contributed by atoms with Crippen LogP contribution in [0.1, 0.15) is 39.5 Å². The van der Waals surface area contributed by atoms with Gasteiger partial charge >= 0.3 is 0 Å². The Balaban J connectivity index is 1.49. The molecular formula is C27H27FO2S. The van der Waals surface area contributed by atoms with E-state index in [1.165, 1.54) is 17.2 Å². The van der Waals surface area contributed by atoms with E-state index in [1.807, 2.05) is 36.4 Å². The molecule has 2 saturated carbocycles. The Morgan fingerprint density at radius 1 is 1.23 bits per heavy atom. The van der Waals surface area contributed by atoms with Gasteiger partial charge in [0.2, 0.25) is 0 Å². The number of alkyl halides is 1. The van der Waals surface area contributed by atoms with Gasteiger partial charge in [0.1, 0.15) is 6.17 Å². The van der Waals surface area contributed by atoms with Crippen LogP contribution in [0.5, 0.6) is 0 Å². The molecule has 6 atom stereocenters. The first kappa shape index (κ1) is 20.8. The van der Waals surface area contributed by atoms with Gasteiger partial charge in [0.25, 0.3) is 0 Å². The molecule has 4 aliphatic carbocycles. The van der Waals surface area contributed by atoms with E-state index >= 15 is 4.39 Å². The molecule has 160 valence electrons. The molecule has 4 heteroatoms. The van der Waals surface area contributed by atoms with Gasteiger partial charge in [-0.2, -0.15) is 0 Å². The third kappa shape index (κ3) is 3.24. The Labute approximate surface area is 186 Å². The number of benzene rings is 1. The predicted octanol–water partition coefficient (Wildman–Crippen LogP) is 6.01. The molecule has 0 N–H and O–H groups in total. The number of ketones is 1. The summed E-state index contributed by atoms with van der Waals surface area (Å²) in [6, 6.07) is 9.43. The topological polar surface area (TPSA) is 40.1 Å². The van der Waals surface area contributed by atoms with E-state index in [9.17, 15) is 9.35 Å². The first-order chi connectivity index (χ1) is 14.8. The molecule has 5 rings (SSSR count). The fraction of sp³-hybridized carbons (Fsp3) is 0.407. The molecule has 2 fully saturated rings. The molecular weight excluding hydrogens is 407 g/mol. The molecule has 0 amide bonds. The fourth-order valence-corrected chi connectivity index (χ4v) is 7.15. The highest BCUT2D eigenvalue weighted by Gasteiger charge is 2.55. The van der Waals surface area contributed by atoms with Crippen molar-refractivity contribution >= 4 is 17.0 Å². The largest absolute Gasteiger partial charge is 0.606 e. The Kier molecular flexibility index (Phi) is 5.01. The van der Waals surface area contributed by atoms with Crippen molar-refractivity contribution in [2.24, 2.45) is 22.7 Å². The van der Waals surface area contributed by atoms with E-state index in [2.05, 4.69) is 25.7 Å². The predicted molar refractivity (Wildman–Crippen MR) is 121 cm³/mol. The fourth-order valence-electron chi connectivity index (χ4n) is 6.34. The minimum Gasteiger partial charge on any atom is -0.606 e. The van der Waals surface area contributed by atoms with Crippen LogP contribution >= 0.6 is 0 Å². The lowest BCUT2D eigenvalue weighted by molar-refractivity contribution is -0.110. The number of rotatable bonds is 2. The molecule has 1 aromatic rings. The summed E-state index contributed by atoms with van der Waals surface area (Å²) in [6.07, 6.45) is 9.45. The summed E-state index contributed by atoms with van der Waals surface area (Å²) in [5.41, 5.74) is 5.92. The first-order valence-corrected chi connectivity index (χ1v) is 12.3. The number of allylic oxidation sites excluding steroid dienone is 7. The van der Waals surface area contributed by atoms with E-state index in [1.54, 1.807) is 11.5 Å². The SMILES string of the molecule is C[C@]12C=CC(=O)C=C1C(F)C[C@@H]1C2=CC[C@]2(C)C(=C=C[S+]([O-])c3ccccc3)CC[C@@H]12. The minimum atomic E-state index is -1.22. The lowest BCUT2D eigenvalue weighted by Gasteiger charge is -2.52. The van der Waals surface area contributed by atoms with Crippen molar-refractivity contribution in [1.29, 1.82) is 0 Å². The lowest BCUT2D eigenvalue weighted by atomic mass is 9.52. The third-order valence-corrected chi connectivity index (χ3v) is 9.11. The maximum atomic E-state index is 15.3. The molecule has 0 saturated heterocycles. The molecule has 0 spiro atoms. The molecule has 2 nitrogen and oxygen atoms in total. The van der Waals surface area contributed by atoms with Crippen LogP contribution in [-0.4, -0.2) is 16.5 Å². The molecule has 2 unspecified atom stereocenters. The summed E-state index contributed by atoms with van der Waals surface area (Å²) < 4.78 is 27.9. The quantitative estimate of drug-likeness (QED) is 0.325. The molecule has 31 heavy (non-hydrogen) atoms. The van der Waals surface area contributed by atoms with E-state index in [0.29, 0.717) is 17.9 Å². The van der Waals surface area contributed by atoms with E-state index in [-0.39, 0.29) is 17.1 Å². The zero-order valence-corrected chi connectivity index (χ0v) is 18.8. The first-order valence-electron chi connectivity index (χ1n) is 11.0. The number of hydrogen-bond donors (Lipinski definition) is 0. The average molecular weight is 435 g/mol. The standard InChI is InChI=1S/C27H27FO2S/c1-26-14-11-23-21(17-25(28)24-16-19(29)10-13-27(23,24)2)22(26)9-8-18(26)12-15-31(30)20-6-4-3-5-7-20/h3-7,10-11,13,15-16,21-22,25H,8-9,14,17H2,1-2H3/t12?,21-,22-,25?,26+,27+,31?/m0/s1. The lowest BCUT2D eigenvalue weighted by Crippen LogP contribution is -2.45. The molecule has 4 aliphatic rings. The second-order valence-corrected chi connectivity index (χ2v) is 10.9. The Hall–Kier alpha value is -2.13. The highest BCUT2D eigenvalue weighted by molar-refractivity contribution is 7.94. The summed E-state index contributed by atoms with van der Waals surface area (Å²) in [6.45, 7) is 4.32. The normalized spacial score (nSPS) is 37.1. The average Bonchev–Trinajstić information content (AvgIpc) is 3.10. The van der Waals surface area contributed by atoms with Crippen LogP contribution in [0.15, 0.2) is 87.4 Å². The van der Waals surface area contributed by atoms with Crippen molar-refractivity contribution in [1.82, 2.24) is 0 Å². The number of hydrogen-bond acceptors (Lipinski definition) is 2. The third-order valence-electron chi connectivity index (χ3n) is 8.04. The monoisotopic (exact) mass is 434 g/mol. The zero-order valence-electron chi connectivity index (χ0n) is 17.9. The Morgan fingerprint density at radius 3 is 2.77 bits per heavy atom. The van der Waals surface area contributed by atoms with Gasteiger partial charge in [-0.25, -0.2) is 4.39 Å². The van der Waals surface area contributed by atoms with Gasteiger partial charge in [0.05, 0.1) is 0 Å². The van der Waals surface area contributed by atoms with Crippen LogP contribution in [0.2, 0.25) is 0 Å². The summed E-state index contributed by atoms with van der Waals surface area (Å²) in [5.74, 6) is 0.390. The summed E-state index contributed by atoms with van der Waals surface area (Å²) >= 11 is -1.22. The second kappa shape index (κ2) is 7.48. The van der Waals surface area contributed by atoms with E-state index in [4.69, 9.17) is 0 Å². The van der Waals surface area contributed by atoms with Crippen molar-refractivity contribution in [2.75, 3.05) is 0 Å². The van der Waals surface area contributed by atoms with Crippen molar-refractivity contribution in [2.45, 2.75) is 50.6 Å². The van der Waals surface area contributed by atoms with Crippen molar-refractivity contribution in [3.05, 3.63) is 82.5 Å². The number of fused-ring (bicyclic) bond motifs is 5. The maximum Gasteiger partial charge on any atom is 0.178 e. The van der Waals surface area contributed by atoms with E-state index in [0.717, 1.165) is 24.2 Å². The van der Waals surface area contributed by atoms with Crippen LogP contribution in [-0.2, 0) is 16.0 Å². The van der Waals surface area contributed by atoms with Crippen LogP contribution < -0.4 is 0 Å². The van der Waals surface area contributed by atoms with Gasteiger partial charge < -0.3 is 4.55 Å². The van der Waals surface area contributed by atoms with Gasteiger partial charge in [-0.3, -0.25) is 4.79 Å². The highest BCUT2D eigenvalue weighted by Crippen LogP contribution is 2.63. The molecule has 0 heterocycles. The smallest absolute Gasteiger partial charge is 0.178 e. The van der Waals surface area contributed by atoms with Crippen LogP contribution in [0, 0.1) is 22.7 Å². The van der Waals surface area contributed by atoms with Crippen LogP contribution in [0.25, 0.3) is 0 Å². The number of carbonyl (C=O) groups is 1. The summed E-state index contributed by atoms with van der Waals surface area (Å²) in [5, 5.41) is 1.69. The van der Waals surface area contributed by atoms with Crippen LogP contribution in [0.4, 0.5) is 4.39 Å². The van der Waals surface area contributed by atoms with Gasteiger partial charge in [-0.15, -0.1) is 0 Å². The highest BCUT2D eigenvalue weighted by atomic mass is 32.2. The molecule has 0 aliphatic heterocycles. The molecule has 0 aromatic heterocycles. The van der Waals surface area contributed by atoms with Gasteiger partial charge in [0, 0.05) is 22.0 Å². The van der Waals surface area contributed by atoms with Crippen LogP contribution in [0.3, 0.4) is 0 Å². The van der Waals surface area contributed by atoms with E-state index < -0.39 is 22.8 Å². The van der Waals surface area contributed by atoms with Crippen molar-refractivity contribution in [3.8, 4) is 0 Å². The van der Waals surface area contributed by atoms with Crippen molar-refractivity contribution in [3.63, 3.8) is 0 Å². The van der Waals surface area contributed by atoms with Gasteiger partial charge in [-0.1, -0.05) is 48.6 Å². The second-order valence-electron chi connectivity index (χ2n) is 9.62. The molecule has 0 bridgehead atoms. The van der Waals surface area contributed by atoms with Gasteiger partial charge in [0.15, 0.2) is 16.1 Å². The summed E-state index contributed by atoms with van der Waals surface area (Å²) in [4.78, 5) is 12.7. The number of carbonyl (C=O) groups excluding carboxylic acids is 1.